The van der Waals surface area contributed by atoms with Crippen molar-refractivity contribution in [3.05, 3.63) is 105 Å². The fourth-order valence-corrected chi connectivity index (χ4v) is 5.12. The Balaban J connectivity index is 1.72. The number of benzene rings is 3. The second-order valence-corrected chi connectivity index (χ2v) is 8.29. The van der Waals surface area contributed by atoms with E-state index in [1.54, 1.807) is 53.7 Å². The molecule has 2 aliphatic rings. The molecule has 0 aliphatic carbocycles. The molecule has 0 saturated carbocycles. The molecule has 0 N–H and O–H groups in total. The van der Waals surface area contributed by atoms with Gasteiger partial charge in [0.15, 0.2) is 17.3 Å². The van der Waals surface area contributed by atoms with Crippen LogP contribution in [0.5, 0.6) is 11.5 Å². The number of ketones is 1. The van der Waals surface area contributed by atoms with E-state index in [4.69, 9.17) is 9.47 Å². The number of hydrazone groups is 1. The van der Waals surface area contributed by atoms with E-state index in [1.165, 1.54) is 14.2 Å². The van der Waals surface area contributed by atoms with Gasteiger partial charge < -0.3 is 9.47 Å². The molecule has 2 aliphatic heterocycles. The van der Waals surface area contributed by atoms with Crippen LogP contribution in [0.2, 0.25) is 0 Å². The quantitative estimate of drug-likeness (QED) is 0.314. The lowest BCUT2D eigenvalue weighted by Gasteiger charge is -2.30. The van der Waals surface area contributed by atoms with Crippen LogP contribution >= 0.6 is 0 Å². The largest absolute Gasteiger partial charge is 0.493 e. The van der Waals surface area contributed by atoms with E-state index in [0.717, 1.165) is 11.1 Å². The minimum absolute atomic E-state index is 0.216. The smallest absolute Gasteiger partial charge is 0.248 e. The van der Waals surface area contributed by atoms with E-state index >= 15 is 0 Å². The van der Waals surface area contributed by atoms with Crippen LogP contribution in [0.25, 0.3) is 0 Å². The molecule has 4 atom stereocenters. The lowest BCUT2D eigenvalue weighted by atomic mass is 9.82. The van der Waals surface area contributed by atoms with E-state index in [-0.39, 0.29) is 10.7 Å². The Kier molecular flexibility index (Phi) is 5.49. The van der Waals surface area contributed by atoms with Crippen LogP contribution in [0.1, 0.15) is 39.0 Å². The zero-order chi connectivity index (χ0) is 23.8. The lowest BCUT2D eigenvalue weighted by molar-refractivity contribution is -0.529. The molecule has 1 fully saturated rings. The highest BCUT2D eigenvalue weighted by atomic mass is 16.6. The topological polar surface area (TPSA) is 94.3 Å². The van der Waals surface area contributed by atoms with E-state index in [1.807, 2.05) is 30.3 Å². The minimum Gasteiger partial charge on any atom is -0.493 e. The van der Waals surface area contributed by atoms with Crippen LogP contribution in [0, 0.1) is 10.1 Å². The normalized spacial score (nSPS) is 22.6. The number of hydrogen-bond donors (Lipinski definition) is 0. The van der Waals surface area contributed by atoms with Gasteiger partial charge in [-0.25, -0.2) is 0 Å². The predicted octanol–water partition coefficient (Wildman–Crippen LogP) is 4.09. The first kappa shape index (κ1) is 21.6. The van der Waals surface area contributed by atoms with Gasteiger partial charge in [-0.15, -0.1) is 0 Å². The van der Waals surface area contributed by atoms with Crippen LogP contribution in [0.15, 0.2) is 77.9 Å². The molecule has 3 aromatic rings. The molecular weight excluding hydrogens is 434 g/mol. The summed E-state index contributed by atoms with van der Waals surface area (Å²) in [5, 5.41) is 18.8. The first-order chi connectivity index (χ1) is 16.5. The van der Waals surface area contributed by atoms with Gasteiger partial charge >= 0.3 is 0 Å². The summed E-state index contributed by atoms with van der Waals surface area (Å²) < 4.78 is 10.8. The minimum atomic E-state index is -1.10. The third kappa shape index (κ3) is 3.39. The first-order valence-corrected chi connectivity index (χ1v) is 10.9. The van der Waals surface area contributed by atoms with Gasteiger partial charge in [-0.05, 0) is 23.3 Å². The van der Waals surface area contributed by atoms with Crippen molar-refractivity contribution in [3.63, 3.8) is 0 Å². The third-order valence-corrected chi connectivity index (χ3v) is 6.61. The number of carbonyl (C=O) groups is 1. The zero-order valence-electron chi connectivity index (χ0n) is 18.7. The Labute approximate surface area is 196 Å². The van der Waals surface area contributed by atoms with Gasteiger partial charge in [0, 0.05) is 16.1 Å². The van der Waals surface area contributed by atoms with Gasteiger partial charge in [-0.1, -0.05) is 60.7 Å². The third-order valence-electron chi connectivity index (χ3n) is 6.61. The van der Waals surface area contributed by atoms with Crippen molar-refractivity contribution in [2.45, 2.75) is 24.0 Å². The van der Waals surface area contributed by atoms with Crippen molar-refractivity contribution in [2.75, 3.05) is 14.2 Å². The fraction of sp³-hybridized carbons (Fsp3) is 0.231. The molecule has 0 bridgehead atoms. The van der Waals surface area contributed by atoms with E-state index < -0.39 is 24.0 Å². The summed E-state index contributed by atoms with van der Waals surface area (Å²) in [7, 11) is 3.04. The molecule has 8 nitrogen and oxygen atoms in total. The Hall–Kier alpha value is -4.20. The Bertz CT molecular complexity index is 1280. The maximum Gasteiger partial charge on any atom is 0.248 e. The number of carbonyl (C=O) groups excluding carboxylic acids is 1. The van der Waals surface area contributed by atoms with Crippen LogP contribution in [0.4, 0.5) is 0 Å². The average Bonchev–Trinajstić information content (AvgIpc) is 3.24. The molecule has 2 heterocycles. The summed E-state index contributed by atoms with van der Waals surface area (Å²) in [4.78, 5) is 26.2. The van der Waals surface area contributed by atoms with Crippen LogP contribution in [-0.4, -0.2) is 48.2 Å². The van der Waals surface area contributed by atoms with Crippen molar-refractivity contribution < 1.29 is 19.2 Å². The van der Waals surface area contributed by atoms with Crippen molar-refractivity contribution in [1.29, 1.82) is 0 Å². The summed E-state index contributed by atoms with van der Waals surface area (Å²) in [5.74, 6) is -0.0298. The number of methoxy groups -OCH3 is 2. The molecule has 34 heavy (non-hydrogen) atoms. The zero-order valence-corrected chi connectivity index (χ0v) is 18.7. The summed E-state index contributed by atoms with van der Waals surface area (Å²) in [5.41, 5.74) is 2.70. The second-order valence-electron chi connectivity index (χ2n) is 8.29. The highest BCUT2D eigenvalue weighted by Gasteiger charge is 2.60. The molecule has 0 amide bonds. The van der Waals surface area contributed by atoms with E-state index in [0.29, 0.717) is 22.6 Å². The van der Waals surface area contributed by atoms with E-state index in [2.05, 4.69) is 5.10 Å². The van der Waals surface area contributed by atoms with Crippen molar-refractivity contribution in [1.82, 2.24) is 5.01 Å². The Morgan fingerprint density at radius 3 is 2.38 bits per heavy atom. The number of nitrogens with zero attached hydrogens (tertiary/aromatic N) is 3. The number of rotatable bonds is 6. The molecule has 0 aromatic heterocycles. The van der Waals surface area contributed by atoms with E-state index in [9.17, 15) is 14.9 Å². The van der Waals surface area contributed by atoms with Crippen LogP contribution in [0.3, 0.4) is 0 Å². The molecule has 5 rings (SSSR count). The Morgan fingerprint density at radius 1 is 0.971 bits per heavy atom. The molecule has 0 unspecified atom stereocenters. The molecule has 172 valence electrons. The number of ether oxygens (including phenoxy) is 2. The van der Waals surface area contributed by atoms with Crippen molar-refractivity contribution in [3.8, 4) is 11.5 Å². The number of nitro groups is 1. The summed E-state index contributed by atoms with van der Waals surface area (Å²) in [6.45, 7) is 0. The maximum atomic E-state index is 13.8. The molecule has 1 saturated heterocycles. The average molecular weight is 457 g/mol. The lowest BCUT2D eigenvalue weighted by Crippen LogP contribution is -2.38. The predicted molar refractivity (Wildman–Crippen MR) is 126 cm³/mol. The standard InChI is InChI=1S/C26H23N3O5/c1-33-20-13-12-17(14-21(20)34-2)22-24(29(31)32)23-19-11-7-6-10-18(19)15-27-28(23)25(22)26(30)16-8-4-3-5-9-16/h3-15,22-25H,1-2H3/t22-,23+,24-,25-/m0/s1. The molecule has 8 heteroatoms. The van der Waals surface area contributed by atoms with Crippen molar-refractivity contribution in [2.24, 2.45) is 5.10 Å². The molecule has 0 spiro atoms. The SMILES string of the molecule is COc1ccc([C@H]2[C@H]([N+](=O)[O-])[C@H]3c4ccccc4C=NN3[C@@H]2C(=O)c2ccccc2)cc1OC. The summed E-state index contributed by atoms with van der Waals surface area (Å²) in [6, 6.07) is 18.9. The van der Waals surface area contributed by atoms with Gasteiger partial charge in [-0.3, -0.25) is 19.9 Å². The molecule has 0 radical (unpaired) electrons. The summed E-state index contributed by atoms with van der Waals surface area (Å²) >= 11 is 0. The number of hydrogen-bond acceptors (Lipinski definition) is 7. The Morgan fingerprint density at radius 2 is 1.68 bits per heavy atom. The fourth-order valence-electron chi connectivity index (χ4n) is 5.12. The summed E-state index contributed by atoms with van der Waals surface area (Å²) in [6.07, 6.45) is 1.67. The first-order valence-electron chi connectivity index (χ1n) is 10.9. The van der Waals surface area contributed by atoms with Gasteiger partial charge in [0.25, 0.3) is 0 Å². The van der Waals surface area contributed by atoms with Gasteiger partial charge in [0.05, 0.1) is 26.4 Å². The van der Waals surface area contributed by atoms with Crippen LogP contribution < -0.4 is 9.47 Å². The highest BCUT2D eigenvalue weighted by molar-refractivity contribution is 6.01. The van der Waals surface area contributed by atoms with Crippen molar-refractivity contribution >= 4 is 12.0 Å². The van der Waals surface area contributed by atoms with Gasteiger partial charge in [0.2, 0.25) is 6.04 Å². The number of fused-ring (bicyclic) bond motifs is 3. The number of Topliss-reactive ketones (excluding diaryl/α,β-unsaturated/α-hetero) is 1. The van der Waals surface area contributed by atoms with Gasteiger partial charge in [0.1, 0.15) is 12.1 Å². The molecule has 3 aromatic carbocycles. The highest BCUT2D eigenvalue weighted by Crippen LogP contribution is 2.50. The monoisotopic (exact) mass is 457 g/mol. The van der Waals surface area contributed by atoms with Crippen LogP contribution in [-0.2, 0) is 0 Å². The molecular formula is C26H23N3O5. The second kappa shape index (κ2) is 8.62. The van der Waals surface area contributed by atoms with Gasteiger partial charge in [-0.2, -0.15) is 5.10 Å². The maximum absolute atomic E-state index is 13.8.